The van der Waals surface area contributed by atoms with Gasteiger partial charge in [0.1, 0.15) is 12.4 Å². The van der Waals surface area contributed by atoms with Gasteiger partial charge in [0.15, 0.2) is 0 Å². The second-order valence-electron chi connectivity index (χ2n) is 6.25. The fraction of sp³-hybridized carbons (Fsp3) is 0.0870. The molecule has 3 aromatic carbocycles. The molecule has 0 atom stereocenters. The first-order valence-corrected chi connectivity index (χ1v) is 9.33. The van der Waals surface area contributed by atoms with Gasteiger partial charge >= 0.3 is 0 Å². The van der Waals surface area contributed by atoms with Gasteiger partial charge in [0.2, 0.25) is 5.78 Å². The van der Waals surface area contributed by atoms with E-state index < -0.39 is 0 Å². The Bertz CT molecular complexity index is 1000. The lowest BCUT2D eigenvalue weighted by atomic mass is 10.1. The fourth-order valence-electron chi connectivity index (χ4n) is 2.97. The minimum absolute atomic E-state index is 0.0825. The molecule has 0 amide bonds. The van der Waals surface area contributed by atoms with Crippen LogP contribution < -0.4 is 4.74 Å². The first-order chi connectivity index (χ1) is 12.7. The van der Waals surface area contributed by atoms with E-state index in [0.717, 1.165) is 32.2 Å². The van der Waals surface area contributed by atoms with Crippen LogP contribution in [-0.2, 0) is 6.61 Å². The van der Waals surface area contributed by atoms with Crippen LogP contribution in [0.5, 0.6) is 5.75 Å². The second kappa shape index (κ2) is 7.22. The highest BCUT2D eigenvalue weighted by atomic mass is 32.2. The number of carbonyl (C=O) groups excluding carboxylic acids is 1. The molecule has 0 aromatic heterocycles. The normalized spacial score (nSPS) is 14.5. The second-order valence-corrected chi connectivity index (χ2v) is 7.34. The lowest BCUT2D eigenvalue weighted by Crippen LogP contribution is -1.98. The van der Waals surface area contributed by atoms with Crippen molar-refractivity contribution in [3.05, 3.63) is 100.0 Å². The maximum Gasteiger partial charge on any atom is 0.200 e. The summed E-state index contributed by atoms with van der Waals surface area (Å²) in [6, 6.07) is 23.8. The number of hydrogen-bond acceptors (Lipinski definition) is 3. The largest absolute Gasteiger partial charge is 0.488 e. The van der Waals surface area contributed by atoms with Crippen LogP contribution in [0.15, 0.2) is 82.6 Å². The van der Waals surface area contributed by atoms with Crippen molar-refractivity contribution in [2.75, 3.05) is 0 Å². The highest BCUT2D eigenvalue weighted by Crippen LogP contribution is 2.41. The zero-order valence-electron chi connectivity index (χ0n) is 14.4. The van der Waals surface area contributed by atoms with Crippen LogP contribution in [0.2, 0.25) is 0 Å². The molecule has 4 rings (SSSR count). The topological polar surface area (TPSA) is 26.3 Å². The minimum Gasteiger partial charge on any atom is -0.488 e. The first-order valence-electron chi connectivity index (χ1n) is 8.51. The van der Waals surface area contributed by atoms with Crippen LogP contribution in [-0.4, -0.2) is 5.78 Å². The van der Waals surface area contributed by atoms with Crippen molar-refractivity contribution in [1.82, 2.24) is 0 Å². The molecular weight excluding hydrogens is 340 g/mol. The third-order valence-electron chi connectivity index (χ3n) is 4.26. The molecule has 2 nitrogen and oxygen atoms in total. The van der Waals surface area contributed by atoms with Crippen LogP contribution in [0.25, 0.3) is 6.08 Å². The van der Waals surface area contributed by atoms with Gasteiger partial charge in [-0.2, -0.15) is 0 Å². The summed E-state index contributed by atoms with van der Waals surface area (Å²) in [5.41, 5.74) is 4.05. The summed E-state index contributed by atoms with van der Waals surface area (Å²) in [4.78, 5) is 14.3. The lowest BCUT2D eigenvalue weighted by Gasteiger charge is -2.10. The molecule has 3 aromatic rings. The molecule has 0 bridgehead atoms. The van der Waals surface area contributed by atoms with E-state index in [9.17, 15) is 4.79 Å². The van der Waals surface area contributed by atoms with Gasteiger partial charge in [-0.25, -0.2) is 0 Å². The van der Waals surface area contributed by atoms with Crippen LogP contribution in [0, 0.1) is 6.92 Å². The highest BCUT2D eigenvalue weighted by molar-refractivity contribution is 8.04. The number of ketones is 1. The number of para-hydroxylation sites is 1. The summed E-state index contributed by atoms with van der Waals surface area (Å²) in [7, 11) is 0. The third-order valence-corrected chi connectivity index (χ3v) is 5.36. The van der Waals surface area contributed by atoms with Gasteiger partial charge in [-0.15, -0.1) is 0 Å². The quantitative estimate of drug-likeness (QED) is 0.543. The van der Waals surface area contributed by atoms with E-state index in [2.05, 4.69) is 25.1 Å². The highest BCUT2D eigenvalue weighted by Gasteiger charge is 2.25. The predicted octanol–water partition coefficient (Wildman–Crippen LogP) is 5.90. The van der Waals surface area contributed by atoms with Gasteiger partial charge in [0, 0.05) is 16.0 Å². The van der Waals surface area contributed by atoms with Crippen molar-refractivity contribution in [2.24, 2.45) is 0 Å². The van der Waals surface area contributed by atoms with Gasteiger partial charge < -0.3 is 4.74 Å². The fourth-order valence-corrected chi connectivity index (χ4v) is 4.01. The summed E-state index contributed by atoms with van der Waals surface area (Å²) >= 11 is 1.52. The Morgan fingerprint density at radius 1 is 0.962 bits per heavy atom. The number of Topliss-reactive ketones (excluding diaryl/α,β-unsaturated/α-hetero) is 1. The molecule has 0 radical (unpaired) electrons. The number of hydrogen-bond donors (Lipinski definition) is 0. The zero-order valence-corrected chi connectivity index (χ0v) is 15.3. The SMILES string of the molecule is Cc1cccc(COc2ccccc2/C=C2\Sc3ccccc3C2=O)c1. The van der Waals surface area contributed by atoms with Crippen molar-refractivity contribution < 1.29 is 9.53 Å². The Morgan fingerprint density at radius 3 is 2.62 bits per heavy atom. The Morgan fingerprint density at radius 2 is 1.77 bits per heavy atom. The average Bonchev–Trinajstić information content (AvgIpc) is 2.97. The van der Waals surface area contributed by atoms with Crippen molar-refractivity contribution in [3.63, 3.8) is 0 Å². The Labute approximate surface area is 157 Å². The molecule has 128 valence electrons. The van der Waals surface area contributed by atoms with Crippen molar-refractivity contribution in [1.29, 1.82) is 0 Å². The number of allylic oxidation sites excluding steroid dienone is 1. The maximum atomic E-state index is 12.6. The molecule has 3 heteroatoms. The Kier molecular flexibility index (Phi) is 4.63. The van der Waals surface area contributed by atoms with Gasteiger partial charge in [0.25, 0.3) is 0 Å². The summed E-state index contributed by atoms with van der Waals surface area (Å²) in [5, 5.41) is 0. The molecule has 1 heterocycles. The summed E-state index contributed by atoms with van der Waals surface area (Å²) in [5.74, 6) is 0.866. The number of fused-ring (bicyclic) bond motifs is 1. The van der Waals surface area contributed by atoms with E-state index in [1.807, 2.05) is 60.7 Å². The number of thioether (sulfide) groups is 1. The molecule has 0 aliphatic carbocycles. The van der Waals surface area contributed by atoms with E-state index in [4.69, 9.17) is 4.74 Å². The standard InChI is InChI=1S/C23H18O2S/c1-16-7-6-8-17(13-16)15-25-20-11-4-2-9-18(20)14-22-23(24)19-10-3-5-12-21(19)26-22/h2-14H,15H2,1H3/b22-14-. The van der Waals surface area contributed by atoms with E-state index in [1.165, 1.54) is 17.3 Å². The molecule has 0 saturated carbocycles. The number of ether oxygens (including phenoxy) is 1. The van der Waals surface area contributed by atoms with Crippen LogP contribution in [0.4, 0.5) is 0 Å². The summed E-state index contributed by atoms with van der Waals surface area (Å²) in [6.07, 6.45) is 1.93. The summed E-state index contributed by atoms with van der Waals surface area (Å²) in [6.45, 7) is 2.58. The van der Waals surface area contributed by atoms with Crippen molar-refractivity contribution in [3.8, 4) is 5.75 Å². The van der Waals surface area contributed by atoms with Crippen LogP contribution in [0.3, 0.4) is 0 Å². The molecule has 1 aliphatic rings. The van der Waals surface area contributed by atoms with Gasteiger partial charge in [-0.3, -0.25) is 4.79 Å². The smallest absolute Gasteiger partial charge is 0.200 e. The maximum absolute atomic E-state index is 12.6. The molecule has 0 saturated heterocycles. The monoisotopic (exact) mass is 358 g/mol. The minimum atomic E-state index is 0.0825. The van der Waals surface area contributed by atoms with Crippen molar-refractivity contribution >= 4 is 23.6 Å². The molecule has 1 aliphatic heterocycles. The molecule has 0 fully saturated rings. The predicted molar refractivity (Wildman–Crippen MR) is 107 cm³/mol. The Hall–Kier alpha value is -2.78. The molecule has 0 unspecified atom stereocenters. The molecule has 0 N–H and O–H groups in total. The van der Waals surface area contributed by atoms with Gasteiger partial charge in [0.05, 0.1) is 4.91 Å². The first kappa shape index (κ1) is 16.7. The van der Waals surface area contributed by atoms with Gasteiger partial charge in [-0.05, 0) is 36.8 Å². The third kappa shape index (κ3) is 3.44. The number of aryl methyl sites for hydroxylation is 1. The molecule has 0 spiro atoms. The number of rotatable bonds is 4. The van der Waals surface area contributed by atoms with E-state index >= 15 is 0 Å². The summed E-state index contributed by atoms with van der Waals surface area (Å²) < 4.78 is 6.04. The molecular formula is C23H18O2S. The number of benzene rings is 3. The zero-order chi connectivity index (χ0) is 17.9. The van der Waals surface area contributed by atoms with E-state index in [1.54, 1.807) is 0 Å². The van der Waals surface area contributed by atoms with Crippen molar-refractivity contribution in [2.45, 2.75) is 18.4 Å². The van der Waals surface area contributed by atoms with Gasteiger partial charge in [-0.1, -0.05) is 71.9 Å². The Balaban J connectivity index is 1.58. The number of carbonyl (C=O) groups is 1. The lowest BCUT2D eigenvalue weighted by molar-refractivity contribution is 0.104. The van der Waals surface area contributed by atoms with Crippen LogP contribution >= 0.6 is 11.8 Å². The van der Waals surface area contributed by atoms with Crippen LogP contribution in [0.1, 0.15) is 27.0 Å². The average molecular weight is 358 g/mol. The molecule has 26 heavy (non-hydrogen) atoms. The van der Waals surface area contributed by atoms with E-state index in [-0.39, 0.29) is 5.78 Å². The van der Waals surface area contributed by atoms with E-state index in [0.29, 0.717) is 6.61 Å².